The van der Waals surface area contributed by atoms with Gasteiger partial charge in [-0.3, -0.25) is 4.79 Å². The molecule has 9 nitrogen and oxygen atoms in total. The van der Waals surface area contributed by atoms with Crippen LogP contribution in [-0.2, 0) is 14.3 Å². The Kier molecular flexibility index (Phi) is 59.8. The van der Waals surface area contributed by atoms with E-state index < -0.39 is 49.5 Å². The number of aliphatic hydroxyl groups excluding tert-OH is 5. The Labute approximate surface area is 513 Å². The lowest BCUT2D eigenvalue weighted by Crippen LogP contribution is -2.60. The van der Waals surface area contributed by atoms with E-state index in [4.69, 9.17) is 9.47 Å². The number of aliphatic hydroxyl groups is 5. The summed E-state index contributed by atoms with van der Waals surface area (Å²) in [4.78, 5) is 13.1. The van der Waals surface area contributed by atoms with Gasteiger partial charge in [0.2, 0.25) is 5.91 Å². The number of allylic oxidation sites excluding steroid dienone is 9. The van der Waals surface area contributed by atoms with Gasteiger partial charge in [-0.05, 0) is 57.8 Å². The van der Waals surface area contributed by atoms with Crippen LogP contribution in [0.3, 0.4) is 0 Å². The fourth-order valence-corrected chi connectivity index (χ4v) is 11.5. The van der Waals surface area contributed by atoms with Crippen molar-refractivity contribution in [1.29, 1.82) is 0 Å². The first kappa shape index (κ1) is 78.9. The van der Waals surface area contributed by atoms with Crippen molar-refractivity contribution in [3.05, 3.63) is 60.8 Å². The van der Waals surface area contributed by atoms with E-state index in [1.165, 1.54) is 263 Å². The molecule has 0 aromatic heterocycles. The lowest BCUT2D eigenvalue weighted by Gasteiger charge is -2.40. The van der Waals surface area contributed by atoms with Crippen LogP contribution in [0.5, 0.6) is 0 Å². The second kappa shape index (κ2) is 62.9. The van der Waals surface area contributed by atoms with Gasteiger partial charge in [0.15, 0.2) is 6.29 Å². The first-order valence-corrected chi connectivity index (χ1v) is 36.0. The third kappa shape index (κ3) is 51.6. The van der Waals surface area contributed by atoms with Crippen molar-refractivity contribution in [3.8, 4) is 0 Å². The standard InChI is InChI=1S/C74H137NO8/c1-3-5-7-9-11-13-15-17-19-21-23-25-26-27-28-29-30-31-32-33-34-35-36-37-38-39-40-41-42-44-46-48-50-52-54-56-58-60-62-64-70(78)75-67(66-82-74-73(81)72(80)71(79)69(65-76)83-74)68(77)63-61-59-57-55-53-51-49-47-45-43-24-22-20-18-16-14-12-10-8-6-4-2/h5,7,11,13,17,19,23,25,61,63,67-69,71-74,76-77,79-81H,3-4,6,8-10,12,14-16,18,20-22,24,26-60,62,64-66H2,1-2H3,(H,75,78)/b7-5-,13-11-,19-17-,25-23-,63-61+. The first-order chi connectivity index (χ1) is 40.8. The maximum absolute atomic E-state index is 13.1. The molecule has 0 radical (unpaired) electrons. The van der Waals surface area contributed by atoms with E-state index in [9.17, 15) is 30.3 Å². The van der Waals surface area contributed by atoms with Crippen molar-refractivity contribution >= 4 is 5.91 Å². The van der Waals surface area contributed by atoms with Crippen LogP contribution >= 0.6 is 0 Å². The normalized spacial score (nSPS) is 18.6. The van der Waals surface area contributed by atoms with Crippen molar-refractivity contribution in [2.45, 2.75) is 391 Å². The molecule has 0 aromatic carbocycles. The van der Waals surface area contributed by atoms with Gasteiger partial charge in [0.25, 0.3) is 0 Å². The SMILES string of the molecule is CC/C=C\C/C=C\C/C=C\C/C=C\CCCCCCCCCCCCCCCCCCCCCCCCCCCCC(=O)NC(COC1OC(CO)C(O)C(O)C1O)C(O)/C=C/CCCCCCCCCCCCCCCCCCCCC. The van der Waals surface area contributed by atoms with Gasteiger partial charge in [0.05, 0.1) is 25.4 Å². The van der Waals surface area contributed by atoms with Crippen molar-refractivity contribution in [1.82, 2.24) is 5.32 Å². The van der Waals surface area contributed by atoms with E-state index >= 15 is 0 Å². The van der Waals surface area contributed by atoms with Crippen LogP contribution < -0.4 is 5.32 Å². The molecular formula is C74H137NO8. The largest absolute Gasteiger partial charge is 0.394 e. The first-order valence-electron chi connectivity index (χ1n) is 36.0. The Hall–Kier alpha value is -2.11. The highest BCUT2D eigenvalue weighted by molar-refractivity contribution is 5.76. The van der Waals surface area contributed by atoms with Gasteiger partial charge in [-0.2, -0.15) is 0 Å². The maximum Gasteiger partial charge on any atom is 0.220 e. The number of hydrogen-bond acceptors (Lipinski definition) is 8. The highest BCUT2D eigenvalue weighted by Gasteiger charge is 2.44. The zero-order chi connectivity index (χ0) is 60.0. The zero-order valence-electron chi connectivity index (χ0n) is 54.5. The van der Waals surface area contributed by atoms with Crippen LogP contribution in [0.4, 0.5) is 0 Å². The van der Waals surface area contributed by atoms with Crippen molar-refractivity contribution < 1.29 is 39.8 Å². The molecular weight excluding hydrogens is 1030 g/mol. The predicted molar refractivity (Wildman–Crippen MR) is 355 cm³/mol. The van der Waals surface area contributed by atoms with Crippen LogP contribution in [0.1, 0.15) is 348 Å². The average Bonchev–Trinajstić information content (AvgIpc) is 3.60. The second-order valence-corrected chi connectivity index (χ2v) is 25.0. The van der Waals surface area contributed by atoms with E-state index in [-0.39, 0.29) is 12.5 Å². The summed E-state index contributed by atoms with van der Waals surface area (Å²) in [6.45, 7) is 3.71. The van der Waals surface area contributed by atoms with Gasteiger partial charge < -0.3 is 40.3 Å². The summed E-state index contributed by atoms with van der Waals surface area (Å²) in [6, 6.07) is -0.805. The summed E-state index contributed by atoms with van der Waals surface area (Å²) < 4.78 is 11.3. The Morgan fingerprint density at radius 1 is 0.422 bits per heavy atom. The molecule has 7 atom stereocenters. The summed E-state index contributed by atoms with van der Waals surface area (Å²) in [5.41, 5.74) is 0. The van der Waals surface area contributed by atoms with Gasteiger partial charge in [0, 0.05) is 6.42 Å². The fourth-order valence-electron chi connectivity index (χ4n) is 11.5. The third-order valence-electron chi connectivity index (χ3n) is 17.1. The highest BCUT2D eigenvalue weighted by atomic mass is 16.7. The molecule has 1 aliphatic heterocycles. The summed E-state index contributed by atoms with van der Waals surface area (Å²) in [7, 11) is 0. The van der Waals surface area contributed by atoms with Gasteiger partial charge in [-0.15, -0.1) is 0 Å². The highest BCUT2D eigenvalue weighted by Crippen LogP contribution is 2.23. The Bertz CT molecular complexity index is 1500. The van der Waals surface area contributed by atoms with Gasteiger partial charge >= 0.3 is 0 Å². The molecule has 1 fully saturated rings. The number of ether oxygens (including phenoxy) is 2. The quantitative estimate of drug-likeness (QED) is 0.0261. The van der Waals surface area contributed by atoms with Crippen LogP contribution in [0.15, 0.2) is 60.8 Å². The molecule has 0 aromatic rings. The summed E-state index contributed by atoms with van der Waals surface area (Å²) >= 11 is 0. The lowest BCUT2D eigenvalue weighted by molar-refractivity contribution is -0.302. The molecule has 0 saturated carbocycles. The van der Waals surface area contributed by atoms with Crippen LogP contribution in [-0.4, -0.2) is 87.5 Å². The van der Waals surface area contributed by atoms with Crippen molar-refractivity contribution in [3.63, 3.8) is 0 Å². The van der Waals surface area contributed by atoms with E-state index in [2.05, 4.69) is 67.8 Å². The lowest BCUT2D eigenvalue weighted by atomic mass is 9.99. The van der Waals surface area contributed by atoms with Crippen LogP contribution in [0.2, 0.25) is 0 Å². The molecule has 0 spiro atoms. The smallest absolute Gasteiger partial charge is 0.220 e. The molecule has 1 rings (SSSR count). The molecule has 1 amide bonds. The molecule has 1 aliphatic rings. The average molecular weight is 1170 g/mol. The minimum atomic E-state index is -1.57. The monoisotopic (exact) mass is 1170 g/mol. The number of carbonyl (C=O) groups excluding carboxylic acids is 1. The van der Waals surface area contributed by atoms with Crippen LogP contribution in [0, 0.1) is 0 Å². The molecule has 0 bridgehead atoms. The molecule has 1 saturated heterocycles. The topological polar surface area (TPSA) is 149 Å². The molecule has 7 unspecified atom stereocenters. The number of nitrogens with one attached hydrogen (secondary N) is 1. The van der Waals surface area contributed by atoms with Crippen molar-refractivity contribution in [2.75, 3.05) is 13.2 Å². The van der Waals surface area contributed by atoms with Gasteiger partial charge in [0.1, 0.15) is 24.4 Å². The molecule has 1 heterocycles. The van der Waals surface area contributed by atoms with Gasteiger partial charge in [-0.1, -0.05) is 344 Å². The summed E-state index contributed by atoms with van der Waals surface area (Å²) in [5.74, 6) is -0.170. The molecule has 0 aliphatic carbocycles. The van der Waals surface area contributed by atoms with E-state index in [1.54, 1.807) is 6.08 Å². The Morgan fingerprint density at radius 3 is 1.11 bits per heavy atom. The molecule has 83 heavy (non-hydrogen) atoms. The number of amides is 1. The maximum atomic E-state index is 13.1. The number of hydrogen-bond donors (Lipinski definition) is 6. The van der Waals surface area contributed by atoms with Crippen LogP contribution in [0.25, 0.3) is 0 Å². The third-order valence-corrected chi connectivity index (χ3v) is 17.1. The minimum Gasteiger partial charge on any atom is -0.394 e. The summed E-state index contributed by atoms with van der Waals surface area (Å²) in [5, 5.41) is 54.8. The Balaban J connectivity index is 2.06. The second-order valence-electron chi connectivity index (χ2n) is 25.0. The van der Waals surface area contributed by atoms with E-state index in [0.717, 1.165) is 64.2 Å². The Morgan fingerprint density at radius 2 is 0.747 bits per heavy atom. The number of carbonyl (C=O) groups is 1. The molecule has 6 N–H and O–H groups in total. The summed E-state index contributed by atoms with van der Waals surface area (Å²) in [6.07, 6.45) is 80.6. The molecule has 486 valence electrons. The van der Waals surface area contributed by atoms with Gasteiger partial charge in [-0.25, -0.2) is 0 Å². The van der Waals surface area contributed by atoms with E-state index in [1.807, 2.05) is 6.08 Å². The predicted octanol–water partition coefficient (Wildman–Crippen LogP) is 19.8. The number of rotatable bonds is 63. The zero-order valence-corrected chi connectivity index (χ0v) is 54.5. The minimum absolute atomic E-state index is 0.170. The number of unbranched alkanes of at least 4 members (excludes halogenated alkanes) is 45. The fraction of sp³-hybridized carbons (Fsp3) is 0.851. The van der Waals surface area contributed by atoms with E-state index in [0.29, 0.717) is 6.42 Å². The molecule has 9 heteroatoms. The van der Waals surface area contributed by atoms with Crippen molar-refractivity contribution in [2.24, 2.45) is 0 Å².